The molecule has 0 amide bonds. The summed E-state index contributed by atoms with van der Waals surface area (Å²) < 4.78 is 0. The first-order chi connectivity index (χ1) is 7.88. The predicted molar refractivity (Wildman–Crippen MR) is 63.2 cm³/mol. The van der Waals surface area contributed by atoms with Crippen LogP contribution in [-0.4, -0.2) is 36.3 Å². The Kier molecular flexibility index (Phi) is 4.30. The molecule has 2 rings (SSSR count). The third-order valence-corrected chi connectivity index (χ3v) is 2.92. The molecule has 1 aromatic rings. The molecule has 1 saturated heterocycles. The minimum Gasteiger partial charge on any atom is -0.316 e. The highest BCUT2D eigenvalue weighted by atomic mass is 16.5. The second-order valence-electron chi connectivity index (χ2n) is 4.18. The van der Waals surface area contributed by atoms with Gasteiger partial charge in [-0.3, -0.25) is 4.90 Å². The van der Waals surface area contributed by atoms with E-state index in [0.717, 1.165) is 38.3 Å². The van der Waals surface area contributed by atoms with Crippen LogP contribution in [0.15, 0.2) is 24.3 Å². The predicted octanol–water partition coefficient (Wildman–Crippen LogP) is 0.571. The molecule has 0 spiro atoms. The van der Waals surface area contributed by atoms with Crippen LogP contribution in [0.5, 0.6) is 0 Å². The lowest BCUT2D eigenvalue weighted by atomic mass is 10.1. The molecule has 88 valence electrons. The summed E-state index contributed by atoms with van der Waals surface area (Å²) in [4.78, 5) is 2.45. The van der Waals surface area contributed by atoms with Crippen LogP contribution in [-0.2, 0) is 13.1 Å². The zero-order chi connectivity index (χ0) is 11.2. The maximum atomic E-state index is 8.58. The van der Waals surface area contributed by atoms with Crippen molar-refractivity contribution in [2.75, 3.05) is 26.2 Å². The number of hydrogen-bond donors (Lipinski definition) is 3. The van der Waals surface area contributed by atoms with E-state index in [0.29, 0.717) is 6.54 Å². The number of nitrogens with one attached hydrogen (secondary N) is 2. The van der Waals surface area contributed by atoms with E-state index in [1.807, 2.05) is 0 Å². The molecule has 0 aliphatic carbocycles. The average molecular weight is 221 g/mol. The van der Waals surface area contributed by atoms with E-state index >= 15 is 0 Å². The molecule has 0 bridgehead atoms. The summed E-state index contributed by atoms with van der Waals surface area (Å²) in [5.74, 6) is 0. The molecule has 1 aliphatic heterocycles. The normalized spacial score (nSPS) is 17.6. The van der Waals surface area contributed by atoms with Crippen molar-refractivity contribution < 1.29 is 5.21 Å². The van der Waals surface area contributed by atoms with Gasteiger partial charge in [-0.1, -0.05) is 24.3 Å². The largest absolute Gasteiger partial charge is 0.316 e. The fourth-order valence-electron chi connectivity index (χ4n) is 1.98. The molecule has 1 aromatic carbocycles. The topological polar surface area (TPSA) is 47.5 Å². The Bertz CT molecular complexity index is 307. The summed E-state index contributed by atoms with van der Waals surface area (Å²) in [5, 5.41) is 11.9. The first-order valence-electron chi connectivity index (χ1n) is 5.76. The molecule has 0 radical (unpaired) electrons. The number of piperazine rings is 1. The maximum Gasteiger partial charge on any atom is 0.0458 e. The van der Waals surface area contributed by atoms with Gasteiger partial charge in [-0.2, -0.15) is 0 Å². The van der Waals surface area contributed by atoms with Crippen molar-refractivity contribution in [3.8, 4) is 0 Å². The quantitative estimate of drug-likeness (QED) is 0.651. The van der Waals surface area contributed by atoms with Gasteiger partial charge in [-0.25, -0.2) is 5.48 Å². The maximum absolute atomic E-state index is 8.58. The standard InChI is InChI=1S/C12H19N3O/c16-14-9-11-1-3-12(4-2-11)10-15-7-5-13-6-8-15/h1-4,13-14,16H,5-10H2. The van der Waals surface area contributed by atoms with Crippen LogP contribution in [0.25, 0.3) is 0 Å². The van der Waals surface area contributed by atoms with E-state index < -0.39 is 0 Å². The molecule has 1 aliphatic rings. The molecular formula is C12H19N3O. The highest BCUT2D eigenvalue weighted by Gasteiger charge is 2.09. The van der Waals surface area contributed by atoms with Gasteiger partial charge in [-0.15, -0.1) is 0 Å². The van der Waals surface area contributed by atoms with Gasteiger partial charge in [0.2, 0.25) is 0 Å². The molecule has 4 nitrogen and oxygen atoms in total. The summed E-state index contributed by atoms with van der Waals surface area (Å²) in [6, 6.07) is 8.38. The summed E-state index contributed by atoms with van der Waals surface area (Å²) in [6.45, 7) is 5.96. The Labute approximate surface area is 96.2 Å². The van der Waals surface area contributed by atoms with Crippen LogP contribution in [0, 0.1) is 0 Å². The van der Waals surface area contributed by atoms with Crippen molar-refractivity contribution in [1.82, 2.24) is 15.7 Å². The summed E-state index contributed by atoms with van der Waals surface area (Å²) in [5.41, 5.74) is 4.61. The second kappa shape index (κ2) is 5.96. The molecule has 0 unspecified atom stereocenters. The molecule has 1 heterocycles. The lowest BCUT2D eigenvalue weighted by Gasteiger charge is -2.27. The van der Waals surface area contributed by atoms with Crippen LogP contribution in [0.4, 0.5) is 0 Å². The van der Waals surface area contributed by atoms with E-state index in [1.165, 1.54) is 5.56 Å². The Morgan fingerprint density at radius 3 is 2.38 bits per heavy atom. The fourth-order valence-corrected chi connectivity index (χ4v) is 1.98. The van der Waals surface area contributed by atoms with Crippen LogP contribution in [0.3, 0.4) is 0 Å². The van der Waals surface area contributed by atoms with Crippen molar-refractivity contribution in [2.45, 2.75) is 13.1 Å². The fraction of sp³-hybridized carbons (Fsp3) is 0.500. The van der Waals surface area contributed by atoms with E-state index in [9.17, 15) is 0 Å². The Morgan fingerprint density at radius 2 is 1.75 bits per heavy atom. The van der Waals surface area contributed by atoms with Crippen molar-refractivity contribution in [1.29, 1.82) is 0 Å². The lowest BCUT2D eigenvalue weighted by molar-refractivity contribution is 0.161. The van der Waals surface area contributed by atoms with Crippen LogP contribution < -0.4 is 10.8 Å². The lowest BCUT2D eigenvalue weighted by Crippen LogP contribution is -2.42. The highest BCUT2D eigenvalue weighted by molar-refractivity contribution is 5.22. The van der Waals surface area contributed by atoms with Gasteiger partial charge in [0, 0.05) is 39.3 Å². The molecule has 3 N–H and O–H groups in total. The van der Waals surface area contributed by atoms with E-state index in [-0.39, 0.29) is 0 Å². The monoisotopic (exact) mass is 221 g/mol. The summed E-state index contributed by atoms with van der Waals surface area (Å²) in [6.07, 6.45) is 0. The van der Waals surface area contributed by atoms with Crippen molar-refractivity contribution in [3.05, 3.63) is 35.4 Å². The van der Waals surface area contributed by atoms with E-state index in [2.05, 4.69) is 40.0 Å². The van der Waals surface area contributed by atoms with Gasteiger partial charge in [0.15, 0.2) is 0 Å². The molecule has 0 saturated carbocycles. The highest BCUT2D eigenvalue weighted by Crippen LogP contribution is 2.08. The summed E-state index contributed by atoms with van der Waals surface area (Å²) >= 11 is 0. The first-order valence-corrected chi connectivity index (χ1v) is 5.76. The number of nitrogens with zero attached hydrogens (tertiary/aromatic N) is 1. The Balaban J connectivity index is 1.88. The number of benzene rings is 1. The third kappa shape index (κ3) is 3.28. The number of hydrogen-bond acceptors (Lipinski definition) is 4. The molecule has 16 heavy (non-hydrogen) atoms. The molecule has 4 heteroatoms. The Morgan fingerprint density at radius 1 is 1.12 bits per heavy atom. The van der Waals surface area contributed by atoms with Gasteiger partial charge >= 0.3 is 0 Å². The minimum absolute atomic E-state index is 0.508. The zero-order valence-corrected chi connectivity index (χ0v) is 9.45. The summed E-state index contributed by atoms with van der Waals surface area (Å²) in [7, 11) is 0. The van der Waals surface area contributed by atoms with Crippen LogP contribution >= 0.6 is 0 Å². The first kappa shape index (κ1) is 11.5. The van der Waals surface area contributed by atoms with Gasteiger partial charge in [0.05, 0.1) is 0 Å². The van der Waals surface area contributed by atoms with Gasteiger partial charge < -0.3 is 10.5 Å². The van der Waals surface area contributed by atoms with Gasteiger partial charge in [0.25, 0.3) is 0 Å². The molecule has 1 fully saturated rings. The van der Waals surface area contributed by atoms with Crippen LogP contribution in [0.1, 0.15) is 11.1 Å². The van der Waals surface area contributed by atoms with E-state index in [4.69, 9.17) is 5.21 Å². The molecular weight excluding hydrogens is 202 g/mol. The van der Waals surface area contributed by atoms with Crippen LogP contribution in [0.2, 0.25) is 0 Å². The SMILES string of the molecule is ONCc1ccc(CN2CCNCC2)cc1. The average Bonchev–Trinajstić information content (AvgIpc) is 2.33. The number of rotatable bonds is 4. The van der Waals surface area contributed by atoms with Gasteiger partial charge in [-0.05, 0) is 11.1 Å². The zero-order valence-electron chi connectivity index (χ0n) is 9.45. The van der Waals surface area contributed by atoms with Crippen molar-refractivity contribution in [2.24, 2.45) is 0 Å². The minimum atomic E-state index is 0.508. The third-order valence-electron chi connectivity index (χ3n) is 2.92. The van der Waals surface area contributed by atoms with Crippen molar-refractivity contribution in [3.63, 3.8) is 0 Å². The number of hydroxylamine groups is 1. The Hall–Kier alpha value is -0.940. The second-order valence-corrected chi connectivity index (χ2v) is 4.18. The van der Waals surface area contributed by atoms with Crippen molar-refractivity contribution >= 4 is 0 Å². The molecule has 0 aromatic heterocycles. The molecule has 0 atom stereocenters. The van der Waals surface area contributed by atoms with E-state index in [1.54, 1.807) is 0 Å². The smallest absolute Gasteiger partial charge is 0.0458 e. The van der Waals surface area contributed by atoms with Gasteiger partial charge in [0.1, 0.15) is 0 Å².